The van der Waals surface area contributed by atoms with Crippen LogP contribution in [0.25, 0.3) is 10.8 Å². The van der Waals surface area contributed by atoms with Crippen LogP contribution >= 0.6 is 15.9 Å². The molecule has 0 spiro atoms. The number of nitrogens with zero attached hydrogens (tertiary/aromatic N) is 3. The molecule has 3 aromatic carbocycles. The number of halogens is 1. The summed E-state index contributed by atoms with van der Waals surface area (Å²) in [7, 11) is 0. The van der Waals surface area contributed by atoms with Crippen molar-refractivity contribution in [3.05, 3.63) is 88.5 Å². The summed E-state index contributed by atoms with van der Waals surface area (Å²) in [5.41, 5.74) is 1.86. The molecule has 1 amide bonds. The zero-order valence-electron chi connectivity index (χ0n) is 15.7. The van der Waals surface area contributed by atoms with E-state index in [1.54, 1.807) is 19.1 Å². The fourth-order valence-electron chi connectivity index (χ4n) is 3.86. The van der Waals surface area contributed by atoms with Gasteiger partial charge in [0.25, 0.3) is 5.91 Å². The van der Waals surface area contributed by atoms with E-state index in [2.05, 4.69) is 21.0 Å². The molecule has 7 heteroatoms. The van der Waals surface area contributed by atoms with Gasteiger partial charge in [0.05, 0.1) is 17.3 Å². The Kier molecular flexibility index (Phi) is 4.92. The number of carbonyl (C=O) groups is 1. The van der Waals surface area contributed by atoms with Crippen molar-refractivity contribution in [3.63, 3.8) is 0 Å². The number of alkyl halides is 1. The molecule has 1 heterocycles. The van der Waals surface area contributed by atoms with Gasteiger partial charge in [-0.15, -0.1) is 0 Å². The summed E-state index contributed by atoms with van der Waals surface area (Å²) in [5, 5.41) is 19.2. The van der Waals surface area contributed by atoms with Crippen molar-refractivity contribution < 1.29 is 9.72 Å². The first-order valence-corrected chi connectivity index (χ1v) is 9.96. The maximum absolute atomic E-state index is 13.5. The van der Waals surface area contributed by atoms with Crippen molar-refractivity contribution in [2.45, 2.75) is 17.2 Å². The number of fused-ring (bicyclic) bond motifs is 1. The molecule has 1 aliphatic rings. The van der Waals surface area contributed by atoms with Crippen LogP contribution < -0.4 is 5.01 Å². The molecule has 4 rings (SSSR count). The summed E-state index contributed by atoms with van der Waals surface area (Å²) in [6.45, 7) is 1.33. The number of para-hydroxylation sites is 1. The number of rotatable bonds is 5. The molecule has 146 valence electrons. The Morgan fingerprint density at radius 1 is 1.07 bits per heavy atom. The zero-order valence-corrected chi connectivity index (χ0v) is 17.2. The first-order valence-electron chi connectivity index (χ1n) is 9.16. The third-order valence-corrected chi connectivity index (χ3v) is 6.76. The number of amides is 1. The monoisotopic (exact) mass is 451 g/mol. The van der Waals surface area contributed by atoms with E-state index >= 15 is 0 Å². The van der Waals surface area contributed by atoms with E-state index in [4.69, 9.17) is 0 Å². The third kappa shape index (κ3) is 3.21. The van der Waals surface area contributed by atoms with Crippen LogP contribution in [-0.2, 0) is 4.79 Å². The molecule has 0 unspecified atom stereocenters. The highest BCUT2D eigenvalue weighted by Crippen LogP contribution is 2.45. The third-order valence-electron chi connectivity index (χ3n) is 5.29. The van der Waals surface area contributed by atoms with E-state index in [9.17, 15) is 14.9 Å². The van der Waals surface area contributed by atoms with Crippen molar-refractivity contribution in [1.82, 2.24) is 0 Å². The molecule has 1 aliphatic heterocycles. The van der Waals surface area contributed by atoms with Gasteiger partial charge in [0.15, 0.2) is 4.32 Å². The molecule has 6 nitrogen and oxygen atoms in total. The largest absolute Gasteiger partial charge is 0.271 e. The first-order chi connectivity index (χ1) is 13.9. The molecule has 29 heavy (non-hydrogen) atoms. The van der Waals surface area contributed by atoms with Gasteiger partial charge in [-0.1, -0.05) is 76.6 Å². The van der Waals surface area contributed by atoms with Crippen LogP contribution in [0.3, 0.4) is 0 Å². The van der Waals surface area contributed by atoms with E-state index < -0.39 is 16.8 Å². The number of benzene rings is 3. The second kappa shape index (κ2) is 7.40. The number of hydrazone groups is 1. The van der Waals surface area contributed by atoms with Gasteiger partial charge in [0.1, 0.15) is 0 Å². The molecule has 0 saturated heterocycles. The number of hydrogen-bond acceptors (Lipinski definition) is 4. The Bertz CT molecular complexity index is 1130. The van der Waals surface area contributed by atoms with Crippen molar-refractivity contribution in [2.24, 2.45) is 5.10 Å². The van der Waals surface area contributed by atoms with Gasteiger partial charge in [0.2, 0.25) is 6.54 Å². The molecule has 0 aliphatic carbocycles. The van der Waals surface area contributed by atoms with Gasteiger partial charge in [-0.2, -0.15) is 10.1 Å². The Morgan fingerprint density at radius 3 is 2.45 bits per heavy atom. The van der Waals surface area contributed by atoms with Crippen LogP contribution in [0, 0.1) is 10.1 Å². The molecule has 2 atom stereocenters. The molecule has 0 N–H and O–H groups in total. The van der Waals surface area contributed by atoms with Crippen LogP contribution in [0.15, 0.2) is 77.9 Å². The Labute approximate surface area is 176 Å². The van der Waals surface area contributed by atoms with Crippen LogP contribution in [0.4, 0.5) is 5.69 Å². The van der Waals surface area contributed by atoms with Crippen LogP contribution in [0.5, 0.6) is 0 Å². The number of carbonyl (C=O) groups excluding carboxylic acids is 1. The maximum Gasteiger partial charge on any atom is 0.271 e. The lowest BCUT2D eigenvalue weighted by atomic mass is 9.80. The van der Waals surface area contributed by atoms with Gasteiger partial charge in [0, 0.05) is 4.92 Å². The SMILES string of the molecule is CC1=NN(c2ccccc2)C(=O)[C@@]1(Br)[C@@H](C[N+](=O)[O-])c1cccc2ccccc12. The summed E-state index contributed by atoms with van der Waals surface area (Å²) >= 11 is 3.61. The minimum atomic E-state index is -1.31. The first kappa shape index (κ1) is 19.3. The lowest BCUT2D eigenvalue weighted by Gasteiger charge is -2.29. The number of hydrogen-bond donors (Lipinski definition) is 0. The number of anilines is 1. The maximum atomic E-state index is 13.5. The zero-order chi connectivity index (χ0) is 20.6. The molecule has 0 radical (unpaired) electrons. The Hall–Kier alpha value is -3.06. The summed E-state index contributed by atoms with van der Waals surface area (Å²) in [6.07, 6.45) is 0. The summed E-state index contributed by atoms with van der Waals surface area (Å²) in [5.74, 6) is -1.06. The lowest BCUT2D eigenvalue weighted by molar-refractivity contribution is -0.483. The Morgan fingerprint density at radius 2 is 1.72 bits per heavy atom. The summed E-state index contributed by atoms with van der Waals surface area (Å²) in [6, 6.07) is 22.4. The van der Waals surface area contributed by atoms with Crippen molar-refractivity contribution in [1.29, 1.82) is 0 Å². The van der Waals surface area contributed by atoms with Crippen molar-refractivity contribution >= 4 is 44.0 Å². The molecule has 0 fully saturated rings. The topological polar surface area (TPSA) is 75.8 Å². The highest BCUT2D eigenvalue weighted by molar-refractivity contribution is 9.10. The average Bonchev–Trinajstić information content (AvgIpc) is 2.97. The second-order valence-corrected chi connectivity index (χ2v) is 8.24. The van der Waals surface area contributed by atoms with E-state index in [0.717, 1.165) is 16.3 Å². The van der Waals surface area contributed by atoms with Gasteiger partial charge >= 0.3 is 0 Å². The van der Waals surface area contributed by atoms with Gasteiger partial charge in [-0.25, -0.2) is 0 Å². The molecular formula is C22H18BrN3O3. The van der Waals surface area contributed by atoms with Crippen molar-refractivity contribution in [2.75, 3.05) is 11.6 Å². The highest BCUT2D eigenvalue weighted by Gasteiger charge is 2.55. The Balaban J connectivity index is 1.86. The molecule has 0 bridgehead atoms. The normalized spacial score (nSPS) is 20.0. The second-order valence-electron chi connectivity index (χ2n) is 6.99. The molecule has 0 saturated carbocycles. The van der Waals surface area contributed by atoms with Gasteiger partial charge < -0.3 is 0 Å². The fraction of sp³-hybridized carbons (Fsp3) is 0.182. The lowest BCUT2D eigenvalue weighted by Crippen LogP contribution is -2.47. The molecule has 3 aromatic rings. The van der Waals surface area contributed by atoms with E-state index in [-0.39, 0.29) is 10.8 Å². The van der Waals surface area contributed by atoms with E-state index in [1.807, 2.05) is 60.7 Å². The van der Waals surface area contributed by atoms with Gasteiger partial charge in [-0.05, 0) is 35.4 Å². The van der Waals surface area contributed by atoms with Gasteiger partial charge in [-0.3, -0.25) is 14.9 Å². The standard InChI is InChI=1S/C22H18BrN3O3/c1-15-22(23,21(27)26(24-15)17-10-3-2-4-11-17)20(14-25(28)29)19-13-7-9-16-8-5-6-12-18(16)19/h2-13,20H,14H2,1H3/t20-,22-/m0/s1. The minimum absolute atomic E-state index is 0.332. The predicted octanol–water partition coefficient (Wildman–Crippen LogP) is 4.76. The van der Waals surface area contributed by atoms with Crippen LogP contribution in [-0.4, -0.2) is 27.4 Å². The van der Waals surface area contributed by atoms with E-state index in [1.165, 1.54) is 5.01 Å². The quantitative estimate of drug-likeness (QED) is 0.318. The smallest absolute Gasteiger partial charge is 0.270 e. The van der Waals surface area contributed by atoms with Crippen molar-refractivity contribution in [3.8, 4) is 0 Å². The number of nitro groups is 1. The summed E-state index contributed by atoms with van der Waals surface area (Å²) in [4.78, 5) is 24.7. The average molecular weight is 452 g/mol. The van der Waals surface area contributed by atoms with E-state index in [0.29, 0.717) is 11.4 Å². The predicted molar refractivity (Wildman–Crippen MR) is 117 cm³/mol. The molecular weight excluding hydrogens is 434 g/mol. The molecule has 0 aromatic heterocycles. The minimum Gasteiger partial charge on any atom is -0.270 e. The van der Waals surface area contributed by atoms with Crippen LogP contribution in [0.1, 0.15) is 18.4 Å². The van der Waals surface area contributed by atoms with Crippen LogP contribution in [0.2, 0.25) is 0 Å². The highest BCUT2D eigenvalue weighted by atomic mass is 79.9. The summed E-state index contributed by atoms with van der Waals surface area (Å²) < 4.78 is -1.31. The fourth-order valence-corrected chi connectivity index (χ4v) is 4.50.